The van der Waals surface area contributed by atoms with Gasteiger partial charge < -0.3 is 15.1 Å². The number of rotatable bonds is 10. The topological polar surface area (TPSA) is 90.7 Å². The number of para-hydroxylation sites is 1. The first kappa shape index (κ1) is 23.4. The maximum Gasteiger partial charge on any atom is 0.353 e. The standard InChI is InChI=1S/C25H31N7O2/c1-29(22-11-6-3-7-12-22)14-8-13-26-24-23(32(33)34)25(28-20-27-24)31-17-15-30(16-18-31)19-21-9-4-2-5-10-21/h2-7,9-12,20H,8,13-19H2,1H3,(H,26,27,28). The average molecular weight is 462 g/mol. The number of benzene rings is 2. The molecule has 0 saturated carbocycles. The lowest BCUT2D eigenvalue weighted by Crippen LogP contribution is -2.46. The molecule has 178 valence electrons. The van der Waals surface area contributed by atoms with Crippen LogP contribution in [0.3, 0.4) is 0 Å². The second-order valence-corrected chi connectivity index (χ2v) is 8.44. The molecule has 1 N–H and O–H groups in total. The molecule has 0 radical (unpaired) electrons. The summed E-state index contributed by atoms with van der Waals surface area (Å²) in [5.74, 6) is 0.673. The van der Waals surface area contributed by atoms with Crippen molar-refractivity contribution in [3.05, 3.63) is 82.7 Å². The van der Waals surface area contributed by atoms with E-state index in [0.717, 1.165) is 38.3 Å². The Bertz CT molecular complexity index is 1060. The predicted octanol–water partition coefficient (Wildman–Crippen LogP) is 3.65. The van der Waals surface area contributed by atoms with E-state index in [-0.39, 0.29) is 16.4 Å². The van der Waals surface area contributed by atoms with Crippen molar-refractivity contribution in [1.29, 1.82) is 0 Å². The van der Waals surface area contributed by atoms with Crippen LogP contribution < -0.4 is 15.1 Å². The van der Waals surface area contributed by atoms with Gasteiger partial charge in [0.05, 0.1) is 4.92 Å². The Kier molecular flexibility index (Phi) is 7.87. The van der Waals surface area contributed by atoms with E-state index in [1.165, 1.54) is 11.9 Å². The summed E-state index contributed by atoms with van der Waals surface area (Å²) in [5.41, 5.74) is 2.37. The summed E-state index contributed by atoms with van der Waals surface area (Å²) in [7, 11) is 2.04. The van der Waals surface area contributed by atoms with Gasteiger partial charge in [-0.2, -0.15) is 0 Å². The van der Waals surface area contributed by atoms with Gasteiger partial charge in [-0.25, -0.2) is 9.97 Å². The van der Waals surface area contributed by atoms with Crippen LogP contribution in [0.15, 0.2) is 67.0 Å². The number of nitro groups is 1. The molecule has 2 heterocycles. The van der Waals surface area contributed by atoms with Crippen molar-refractivity contribution in [3.63, 3.8) is 0 Å². The monoisotopic (exact) mass is 461 g/mol. The molecule has 2 aromatic carbocycles. The van der Waals surface area contributed by atoms with E-state index in [0.29, 0.717) is 25.5 Å². The summed E-state index contributed by atoms with van der Waals surface area (Å²) in [6.07, 6.45) is 2.23. The maximum atomic E-state index is 12.0. The van der Waals surface area contributed by atoms with E-state index in [1.807, 2.05) is 48.3 Å². The van der Waals surface area contributed by atoms with Gasteiger partial charge in [0.1, 0.15) is 6.33 Å². The number of aromatic nitrogens is 2. The zero-order valence-electron chi connectivity index (χ0n) is 19.5. The van der Waals surface area contributed by atoms with Crippen molar-refractivity contribution in [2.75, 3.05) is 61.4 Å². The van der Waals surface area contributed by atoms with Gasteiger partial charge in [0.25, 0.3) is 0 Å². The first-order chi connectivity index (χ1) is 16.6. The smallest absolute Gasteiger partial charge is 0.353 e. The summed E-state index contributed by atoms with van der Waals surface area (Å²) in [6, 6.07) is 20.5. The Hall–Kier alpha value is -3.72. The Morgan fingerprint density at radius 2 is 1.68 bits per heavy atom. The Balaban J connectivity index is 1.34. The zero-order valence-corrected chi connectivity index (χ0v) is 19.5. The highest BCUT2D eigenvalue weighted by molar-refractivity contribution is 5.70. The molecule has 9 heteroatoms. The van der Waals surface area contributed by atoms with Crippen LogP contribution in [0.1, 0.15) is 12.0 Å². The minimum atomic E-state index is -0.371. The molecule has 0 spiro atoms. The van der Waals surface area contributed by atoms with E-state index in [2.05, 4.69) is 49.4 Å². The molecular formula is C25H31N7O2. The van der Waals surface area contributed by atoms with Crippen LogP contribution >= 0.6 is 0 Å². The van der Waals surface area contributed by atoms with Crippen LogP contribution in [0.25, 0.3) is 0 Å². The molecule has 1 fully saturated rings. The van der Waals surface area contributed by atoms with E-state index >= 15 is 0 Å². The maximum absolute atomic E-state index is 12.0. The molecule has 1 aliphatic heterocycles. The zero-order chi connectivity index (χ0) is 23.8. The lowest BCUT2D eigenvalue weighted by atomic mass is 10.2. The van der Waals surface area contributed by atoms with Crippen molar-refractivity contribution < 1.29 is 4.92 Å². The molecule has 0 aliphatic carbocycles. The largest absolute Gasteiger partial charge is 0.375 e. The summed E-state index contributed by atoms with van der Waals surface area (Å²) < 4.78 is 0. The Morgan fingerprint density at radius 1 is 1.00 bits per heavy atom. The van der Waals surface area contributed by atoms with Gasteiger partial charge in [0.15, 0.2) is 0 Å². The minimum Gasteiger partial charge on any atom is -0.375 e. The predicted molar refractivity (Wildman–Crippen MR) is 135 cm³/mol. The van der Waals surface area contributed by atoms with Crippen LogP contribution in [0.5, 0.6) is 0 Å². The second-order valence-electron chi connectivity index (χ2n) is 8.44. The molecule has 0 atom stereocenters. The van der Waals surface area contributed by atoms with Crippen LogP contribution in [-0.2, 0) is 6.54 Å². The molecule has 34 heavy (non-hydrogen) atoms. The first-order valence-corrected chi connectivity index (χ1v) is 11.6. The van der Waals surface area contributed by atoms with Crippen LogP contribution in [0, 0.1) is 10.1 Å². The molecule has 9 nitrogen and oxygen atoms in total. The van der Waals surface area contributed by atoms with Gasteiger partial charge in [-0.05, 0) is 24.1 Å². The quantitative estimate of drug-likeness (QED) is 0.278. The summed E-state index contributed by atoms with van der Waals surface area (Å²) in [6.45, 7) is 5.31. The lowest BCUT2D eigenvalue weighted by molar-refractivity contribution is -0.383. The fourth-order valence-corrected chi connectivity index (χ4v) is 4.19. The van der Waals surface area contributed by atoms with Gasteiger partial charge in [-0.1, -0.05) is 48.5 Å². The first-order valence-electron chi connectivity index (χ1n) is 11.6. The van der Waals surface area contributed by atoms with E-state index in [1.54, 1.807) is 0 Å². The van der Waals surface area contributed by atoms with Crippen molar-refractivity contribution in [1.82, 2.24) is 14.9 Å². The molecule has 0 amide bonds. The third kappa shape index (κ3) is 5.99. The third-order valence-corrected chi connectivity index (χ3v) is 6.07. The normalized spacial score (nSPS) is 14.1. The third-order valence-electron chi connectivity index (χ3n) is 6.07. The molecule has 0 bridgehead atoms. The van der Waals surface area contributed by atoms with Gasteiger partial charge in [0.2, 0.25) is 11.6 Å². The van der Waals surface area contributed by atoms with Crippen LogP contribution in [0.2, 0.25) is 0 Å². The van der Waals surface area contributed by atoms with Gasteiger partial charge in [0, 0.05) is 58.5 Å². The number of anilines is 3. The number of hydrogen-bond donors (Lipinski definition) is 1. The van der Waals surface area contributed by atoms with Crippen molar-refractivity contribution in [2.45, 2.75) is 13.0 Å². The molecule has 1 saturated heterocycles. The minimum absolute atomic E-state index is 0.0459. The fraction of sp³-hybridized carbons (Fsp3) is 0.360. The molecule has 0 unspecified atom stereocenters. The highest BCUT2D eigenvalue weighted by atomic mass is 16.6. The molecule has 1 aromatic heterocycles. The highest BCUT2D eigenvalue weighted by Gasteiger charge is 2.29. The van der Waals surface area contributed by atoms with E-state index < -0.39 is 0 Å². The molecule has 4 rings (SSSR count). The average Bonchev–Trinajstić information content (AvgIpc) is 2.88. The number of nitrogens with one attached hydrogen (secondary N) is 1. The van der Waals surface area contributed by atoms with Crippen molar-refractivity contribution in [2.24, 2.45) is 0 Å². The van der Waals surface area contributed by atoms with Gasteiger partial charge in [-0.15, -0.1) is 0 Å². The highest BCUT2D eigenvalue weighted by Crippen LogP contribution is 2.32. The number of piperazine rings is 1. The lowest BCUT2D eigenvalue weighted by Gasteiger charge is -2.35. The van der Waals surface area contributed by atoms with Crippen molar-refractivity contribution >= 4 is 23.0 Å². The number of nitrogens with zero attached hydrogens (tertiary/aromatic N) is 6. The van der Waals surface area contributed by atoms with Crippen LogP contribution in [-0.4, -0.2) is 66.1 Å². The summed E-state index contributed by atoms with van der Waals surface area (Å²) in [4.78, 5) is 26.6. The Labute approximate surface area is 200 Å². The molecule has 3 aromatic rings. The van der Waals surface area contributed by atoms with Crippen molar-refractivity contribution in [3.8, 4) is 0 Å². The number of hydrogen-bond acceptors (Lipinski definition) is 8. The Morgan fingerprint density at radius 3 is 2.35 bits per heavy atom. The van der Waals surface area contributed by atoms with E-state index in [4.69, 9.17) is 0 Å². The second kappa shape index (κ2) is 11.4. The summed E-state index contributed by atoms with van der Waals surface area (Å²) in [5, 5.41) is 15.1. The van der Waals surface area contributed by atoms with Gasteiger partial charge >= 0.3 is 5.69 Å². The van der Waals surface area contributed by atoms with E-state index in [9.17, 15) is 10.1 Å². The summed E-state index contributed by atoms with van der Waals surface area (Å²) >= 11 is 0. The fourth-order valence-electron chi connectivity index (χ4n) is 4.19. The SMILES string of the molecule is CN(CCCNc1ncnc(N2CCN(Cc3ccccc3)CC2)c1[N+](=O)[O-])c1ccccc1. The molecular weight excluding hydrogens is 430 g/mol. The van der Waals surface area contributed by atoms with Crippen LogP contribution in [0.4, 0.5) is 23.0 Å². The van der Waals surface area contributed by atoms with Gasteiger partial charge in [-0.3, -0.25) is 15.0 Å². The molecule has 1 aliphatic rings.